The third kappa shape index (κ3) is 1.81. The lowest BCUT2D eigenvalue weighted by Gasteiger charge is -2.22. The second kappa shape index (κ2) is 5.25. The number of esters is 2. The van der Waals surface area contributed by atoms with E-state index in [-0.39, 0.29) is 6.61 Å². The molecule has 20 heavy (non-hydrogen) atoms. The summed E-state index contributed by atoms with van der Waals surface area (Å²) in [7, 11) is 2.50. The minimum atomic E-state index is -1.35. The molecule has 0 aliphatic heterocycles. The predicted molar refractivity (Wildman–Crippen MR) is 70.9 cm³/mol. The fraction of sp³-hybridized carbons (Fsp3) is 0.467. The van der Waals surface area contributed by atoms with Crippen molar-refractivity contribution in [3.8, 4) is 0 Å². The number of methoxy groups -OCH3 is 2. The molecule has 5 nitrogen and oxygen atoms in total. The summed E-state index contributed by atoms with van der Waals surface area (Å²) in [5.41, 5.74) is -1.26. The van der Waals surface area contributed by atoms with Gasteiger partial charge in [0.2, 0.25) is 0 Å². The van der Waals surface area contributed by atoms with Crippen molar-refractivity contribution >= 4 is 11.9 Å². The van der Waals surface area contributed by atoms with Gasteiger partial charge >= 0.3 is 11.9 Å². The molecule has 1 aliphatic rings. The average molecular weight is 278 g/mol. The third-order valence-corrected chi connectivity index (χ3v) is 4.19. The second-order valence-electron chi connectivity index (χ2n) is 4.99. The number of rotatable bonds is 5. The van der Waals surface area contributed by atoms with Crippen LogP contribution < -0.4 is 0 Å². The van der Waals surface area contributed by atoms with Crippen molar-refractivity contribution in [2.75, 3.05) is 20.8 Å². The van der Waals surface area contributed by atoms with Gasteiger partial charge in [-0.2, -0.15) is 0 Å². The van der Waals surface area contributed by atoms with Crippen LogP contribution in [0.1, 0.15) is 18.4 Å². The molecular formula is C15H18O5. The van der Waals surface area contributed by atoms with E-state index in [1.807, 2.05) is 30.3 Å². The van der Waals surface area contributed by atoms with Crippen LogP contribution in [-0.4, -0.2) is 37.9 Å². The quantitative estimate of drug-likeness (QED) is 0.643. The maximum absolute atomic E-state index is 12.2. The normalized spacial score (nSPS) is 22.9. The highest BCUT2D eigenvalue weighted by Gasteiger charge is 2.78. The molecule has 0 spiro atoms. The fourth-order valence-electron chi connectivity index (χ4n) is 3.12. The molecule has 1 N–H and O–H groups in total. The number of hydrogen-bond acceptors (Lipinski definition) is 5. The first-order valence-corrected chi connectivity index (χ1v) is 6.42. The van der Waals surface area contributed by atoms with E-state index >= 15 is 0 Å². The van der Waals surface area contributed by atoms with Gasteiger partial charge in [-0.3, -0.25) is 9.59 Å². The number of carbonyl (C=O) groups is 2. The number of benzene rings is 1. The van der Waals surface area contributed by atoms with Gasteiger partial charge in [0.1, 0.15) is 0 Å². The molecule has 1 saturated carbocycles. The average Bonchev–Trinajstić information content (AvgIpc) is 3.18. The summed E-state index contributed by atoms with van der Waals surface area (Å²) in [5.74, 6) is -1.22. The van der Waals surface area contributed by atoms with Crippen LogP contribution in [0.4, 0.5) is 0 Å². The zero-order valence-electron chi connectivity index (χ0n) is 11.6. The summed E-state index contributed by atoms with van der Waals surface area (Å²) in [6.45, 7) is -0.120. The molecule has 0 heterocycles. The van der Waals surface area contributed by atoms with Crippen molar-refractivity contribution in [3.05, 3.63) is 35.9 Å². The van der Waals surface area contributed by atoms with E-state index in [9.17, 15) is 14.7 Å². The molecule has 108 valence electrons. The molecule has 1 atom stereocenters. The Morgan fingerprint density at radius 3 is 2.15 bits per heavy atom. The van der Waals surface area contributed by atoms with Gasteiger partial charge in [0.25, 0.3) is 0 Å². The lowest BCUT2D eigenvalue weighted by atomic mass is 9.83. The zero-order chi connectivity index (χ0) is 14.8. The van der Waals surface area contributed by atoms with Gasteiger partial charge in [-0.05, 0) is 18.4 Å². The van der Waals surface area contributed by atoms with E-state index < -0.39 is 22.8 Å². The molecule has 0 saturated heterocycles. The highest BCUT2D eigenvalue weighted by Crippen LogP contribution is 2.67. The van der Waals surface area contributed by atoms with E-state index in [0.29, 0.717) is 12.8 Å². The van der Waals surface area contributed by atoms with Gasteiger partial charge in [-0.1, -0.05) is 30.3 Å². The van der Waals surface area contributed by atoms with Gasteiger partial charge < -0.3 is 14.6 Å². The van der Waals surface area contributed by atoms with Crippen LogP contribution in [0.2, 0.25) is 0 Å². The molecule has 1 unspecified atom stereocenters. The van der Waals surface area contributed by atoms with Gasteiger partial charge in [0.15, 0.2) is 5.41 Å². The monoisotopic (exact) mass is 278 g/mol. The highest BCUT2D eigenvalue weighted by atomic mass is 16.5. The van der Waals surface area contributed by atoms with Crippen molar-refractivity contribution in [2.24, 2.45) is 5.41 Å². The molecule has 2 rings (SSSR count). The van der Waals surface area contributed by atoms with Crippen molar-refractivity contribution in [2.45, 2.75) is 18.3 Å². The van der Waals surface area contributed by atoms with Crippen molar-refractivity contribution in [1.29, 1.82) is 0 Å². The van der Waals surface area contributed by atoms with E-state index in [1.54, 1.807) is 0 Å². The lowest BCUT2D eigenvalue weighted by Crippen LogP contribution is -2.36. The van der Waals surface area contributed by atoms with Crippen LogP contribution in [0.25, 0.3) is 0 Å². The zero-order valence-corrected chi connectivity index (χ0v) is 11.6. The van der Waals surface area contributed by atoms with Gasteiger partial charge in [0.05, 0.1) is 14.2 Å². The first kappa shape index (κ1) is 14.5. The Balaban J connectivity index is 2.51. The molecule has 5 heteroatoms. The predicted octanol–water partition coefficient (Wildman–Crippen LogP) is 1.04. The number of aliphatic hydroxyl groups is 1. The molecule has 0 bridgehead atoms. The Bertz CT molecular complexity index is 494. The number of carbonyl (C=O) groups excluding carboxylic acids is 2. The molecule has 0 amide bonds. The van der Waals surface area contributed by atoms with Gasteiger partial charge in [-0.25, -0.2) is 0 Å². The van der Waals surface area contributed by atoms with Gasteiger partial charge in [-0.15, -0.1) is 0 Å². The van der Waals surface area contributed by atoms with Crippen LogP contribution in [0.3, 0.4) is 0 Å². The second-order valence-corrected chi connectivity index (χ2v) is 4.99. The van der Waals surface area contributed by atoms with Crippen LogP contribution in [-0.2, 0) is 24.5 Å². The summed E-state index contributed by atoms with van der Waals surface area (Å²) >= 11 is 0. The summed E-state index contributed by atoms with van der Waals surface area (Å²) < 4.78 is 9.60. The summed E-state index contributed by atoms with van der Waals surface area (Å²) in [6, 6.07) is 9.24. The standard InChI is InChI=1S/C15H18O5/c1-19-12(17)15(13(18)20-2)10-14(15,8-9-16)11-6-4-3-5-7-11/h3-7,16H,8-10H2,1-2H3. The Morgan fingerprint density at radius 2 is 1.70 bits per heavy atom. The molecule has 1 aliphatic carbocycles. The molecule has 1 fully saturated rings. The Labute approximate surface area is 117 Å². The van der Waals surface area contributed by atoms with E-state index in [2.05, 4.69) is 0 Å². The topological polar surface area (TPSA) is 72.8 Å². The number of aliphatic hydroxyl groups excluding tert-OH is 1. The minimum absolute atomic E-state index is 0.120. The molecule has 1 aromatic carbocycles. The minimum Gasteiger partial charge on any atom is -0.468 e. The molecular weight excluding hydrogens is 260 g/mol. The third-order valence-electron chi connectivity index (χ3n) is 4.19. The lowest BCUT2D eigenvalue weighted by molar-refractivity contribution is -0.162. The summed E-state index contributed by atoms with van der Waals surface area (Å²) in [4.78, 5) is 24.3. The summed E-state index contributed by atoms with van der Waals surface area (Å²) in [6.07, 6.45) is 0.602. The number of hydrogen-bond donors (Lipinski definition) is 1. The molecule has 0 aromatic heterocycles. The van der Waals surface area contributed by atoms with E-state index in [0.717, 1.165) is 5.56 Å². The van der Waals surface area contributed by atoms with E-state index in [1.165, 1.54) is 14.2 Å². The number of ether oxygens (including phenoxy) is 2. The van der Waals surface area contributed by atoms with Crippen LogP contribution in [0.5, 0.6) is 0 Å². The van der Waals surface area contributed by atoms with Crippen molar-refractivity contribution < 1.29 is 24.2 Å². The van der Waals surface area contributed by atoms with Crippen LogP contribution in [0, 0.1) is 5.41 Å². The fourth-order valence-corrected chi connectivity index (χ4v) is 3.12. The summed E-state index contributed by atoms with van der Waals surface area (Å²) in [5, 5.41) is 9.34. The molecule has 0 radical (unpaired) electrons. The first-order valence-electron chi connectivity index (χ1n) is 6.42. The Morgan fingerprint density at radius 1 is 1.15 bits per heavy atom. The van der Waals surface area contributed by atoms with Crippen molar-refractivity contribution in [3.63, 3.8) is 0 Å². The Hall–Kier alpha value is -1.88. The highest BCUT2D eigenvalue weighted by molar-refractivity contribution is 6.06. The smallest absolute Gasteiger partial charge is 0.324 e. The Kier molecular flexibility index (Phi) is 3.81. The van der Waals surface area contributed by atoms with Crippen LogP contribution in [0.15, 0.2) is 30.3 Å². The SMILES string of the molecule is COC(=O)C1(C(=O)OC)CC1(CCO)c1ccccc1. The maximum Gasteiger partial charge on any atom is 0.324 e. The van der Waals surface area contributed by atoms with E-state index in [4.69, 9.17) is 9.47 Å². The van der Waals surface area contributed by atoms with Crippen molar-refractivity contribution in [1.82, 2.24) is 0 Å². The largest absolute Gasteiger partial charge is 0.468 e. The van der Waals surface area contributed by atoms with Gasteiger partial charge in [0, 0.05) is 12.0 Å². The maximum atomic E-state index is 12.2. The first-order chi connectivity index (χ1) is 9.59. The van der Waals surface area contributed by atoms with Crippen LogP contribution >= 0.6 is 0 Å². The molecule has 1 aromatic rings.